The SMILES string of the molecule is CC(C)c1c[nH]c(=S)n1C(C)(C)c1nccs1. The molecule has 0 aromatic carbocycles. The minimum absolute atomic E-state index is 0.204. The van der Waals surface area contributed by atoms with Crippen LogP contribution in [0, 0.1) is 4.77 Å². The van der Waals surface area contributed by atoms with Gasteiger partial charge in [0.1, 0.15) is 5.01 Å². The highest BCUT2D eigenvalue weighted by Gasteiger charge is 2.29. The highest BCUT2D eigenvalue weighted by atomic mass is 32.1. The smallest absolute Gasteiger partial charge is 0.178 e. The second-order valence-electron chi connectivity index (χ2n) is 4.91. The molecule has 3 nitrogen and oxygen atoms in total. The van der Waals surface area contributed by atoms with Crippen LogP contribution in [0.3, 0.4) is 0 Å². The quantitative estimate of drug-likeness (QED) is 0.855. The Bertz CT molecular complexity index is 547. The number of H-pyrrole nitrogens is 1. The number of aromatic nitrogens is 3. The highest BCUT2D eigenvalue weighted by Crippen LogP contribution is 2.31. The molecule has 92 valence electrons. The lowest BCUT2D eigenvalue weighted by Crippen LogP contribution is -2.29. The Kier molecular flexibility index (Phi) is 3.23. The van der Waals surface area contributed by atoms with E-state index >= 15 is 0 Å². The molecule has 17 heavy (non-hydrogen) atoms. The zero-order valence-corrected chi connectivity index (χ0v) is 12.2. The topological polar surface area (TPSA) is 33.6 Å². The van der Waals surface area contributed by atoms with Crippen LogP contribution in [0.2, 0.25) is 0 Å². The number of hydrogen-bond donors (Lipinski definition) is 1. The van der Waals surface area contributed by atoms with Crippen molar-refractivity contribution < 1.29 is 0 Å². The lowest BCUT2D eigenvalue weighted by Gasteiger charge is -2.27. The van der Waals surface area contributed by atoms with Gasteiger partial charge in [0.05, 0.1) is 5.54 Å². The molecule has 2 aromatic heterocycles. The number of nitrogens with zero attached hydrogens (tertiary/aromatic N) is 2. The highest BCUT2D eigenvalue weighted by molar-refractivity contribution is 7.71. The summed E-state index contributed by atoms with van der Waals surface area (Å²) in [6.45, 7) is 8.65. The molecule has 0 amide bonds. The molecule has 0 aliphatic heterocycles. The third-order valence-electron chi connectivity index (χ3n) is 2.91. The maximum Gasteiger partial charge on any atom is 0.178 e. The summed E-state index contributed by atoms with van der Waals surface area (Å²) in [5.41, 5.74) is 1.01. The van der Waals surface area contributed by atoms with E-state index < -0.39 is 0 Å². The van der Waals surface area contributed by atoms with Crippen LogP contribution in [0.1, 0.15) is 44.3 Å². The van der Waals surface area contributed by atoms with Crippen LogP contribution in [0.4, 0.5) is 0 Å². The van der Waals surface area contributed by atoms with Crippen LogP contribution in [-0.4, -0.2) is 14.5 Å². The molecule has 0 spiro atoms. The fraction of sp³-hybridized carbons (Fsp3) is 0.500. The first-order valence-electron chi connectivity index (χ1n) is 5.65. The Balaban J connectivity index is 2.61. The Labute approximate surface area is 111 Å². The minimum atomic E-state index is -0.204. The van der Waals surface area contributed by atoms with Gasteiger partial charge < -0.3 is 9.55 Å². The van der Waals surface area contributed by atoms with Crippen molar-refractivity contribution in [3.8, 4) is 0 Å². The molecule has 0 aliphatic rings. The average Bonchev–Trinajstić information content (AvgIpc) is 2.84. The summed E-state index contributed by atoms with van der Waals surface area (Å²) in [6, 6.07) is 0. The third-order valence-corrected chi connectivity index (χ3v) is 4.30. The fourth-order valence-corrected chi connectivity index (χ4v) is 3.15. The average molecular weight is 267 g/mol. The zero-order chi connectivity index (χ0) is 12.6. The van der Waals surface area contributed by atoms with Gasteiger partial charge in [-0.15, -0.1) is 11.3 Å². The second kappa shape index (κ2) is 4.38. The summed E-state index contributed by atoms with van der Waals surface area (Å²) in [6.07, 6.45) is 3.84. The van der Waals surface area contributed by atoms with Crippen LogP contribution in [0.15, 0.2) is 17.8 Å². The van der Waals surface area contributed by atoms with E-state index in [2.05, 4.69) is 42.2 Å². The minimum Gasteiger partial charge on any atom is -0.337 e. The van der Waals surface area contributed by atoms with Crippen LogP contribution in [-0.2, 0) is 5.54 Å². The number of nitrogens with one attached hydrogen (secondary N) is 1. The molecule has 2 rings (SSSR count). The van der Waals surface area contributed by atoms with Gasteiger partial charge in [0, 0.05) is 23.5 Å². The summed E-state index contributed by atoms with van der Waals surface area (Å²) in [4.78, 5) is 7.56. The van der Waals surface area contributed by atoms with Gasteiger partial charge in [0.2, 0.25) is 0 Å². The first-order chi connectivity index (χ1) is 7.94. The molecule has 0 bridgehead atoms. The maximum atomic E-state index is 5.40. The molecule has 2 aromatic rings. The molecule has 5 heteroatoms. The van der Waals surface area contributed by atoms with Gasteiger partial charge in [-0.2, -0.15) is 0 Å². The Morgan fingerprint density at radius 1 is 1.47 bits per heavy atom. The fourth-order valence-electron chi connectivity index (χ4n) is 2.00. The normalized spacial score (nSPS) is 12.3. The van der Waals surface area contributed by atoms with Crippen molar-refractivity contribution in [2.75, 3.05) is 0 Å². The van der Waals surface area contributed by atoms with Gasteiger partial charge in [0.25, 0.3) is 0 Å². The van der Waals surface area contributed by atoms with E-state index in [0.29, 0.717) is 5.92 Å². The summed E-state index contributed by atoms with van der Waals surface area (Å²) in [5, 5.41) is 3.08. The summed E-state index contributed by atoms with van der Waals surface area (Å²) < 4.78 is 2.93. The molecule has 0 unspecified atom stereocenters. The van der Waals surface area contributed by atoms with E-state index in [4.69, 9.17) is 12.2 Å². The maximum absolute atomic E-state index is 5.40. The molecule has 0 fully saturated rings. The third kappa shape index (κ3) is 2.09. The van der Waals surface area contributed by atoms with Crippen LogP contribution >= 0.6 is 23.6 Å². The molecule has 0 radical (unpaired) electrons. The molecular weight excluding hydrogens is 250 g/mol. The first-order valence-corrected chi connectivity index (χ1v) is 6.94. The van der Waals surface area contributed by atoms with Crippen molar-refractivity contribution >= 4 is 23.6 Å². The zero-order valence-electron chi connectivity index (χ0n) is 10.5. The molecule has 1 N–H and O–H groups in total. The monoisotopic (exact) mass is 267 g/mol. The molecule has 0 atom stereocenters. The van der Waals surface area contributed by atoms with Crippen molar-refractivity contribution in [2.24, 2.45) is 0 Å². The number of rotatable bonds is 3. The van der Waals surface area contributed by atoms with E-state index in [1.165, 1.54) is 5.69 Å². The second-order valence-corrected chi connectivity index (χ2v) is 6.19. The van der Waals surface area contributed by atoms with Crippen LogP contribution in [0.5, 0.6) is 0 Å². The lowest BCUT2D eigenvalue weighted by molar-refractivity contribution is 0.409. The van der Waals surface area contributed by atoms with Gasteiger partial charge in [-0.25, -0.2) is 4.98 Å². The van der Waals surface area contributed by atoms with E-state index in [0.717, 1.165) is 9.78 Å². The molecule has 0 saturated heterocycles. The first kappa shape index (κ1) is 12.5. The van der Waals surface area contributed by atoms with Crippen LogP contribution < -0.4 is 0 Å². The van der Waals surface area contributed by atoms with E-state index in [1.807, 2.05) is 17.8 Å². The Morgan fingerprint density at radius 3 is 2.71 bits per heavy atom. The molecule has 0 aliphatic carbocycles. The van der Waals surface area contributed by atoms with Gasteiger partial charge in [-0.1, -0.05) is 13.8 Å². The van der Waals surface area contributed by atoms with E-state index in [1.54, 1.807) is 11.3 Å². The number of aromatic amines is 1. The van der Waals surface area contributed by atoms with Crippen molar-refractivity contribution in [1.29, 1.82) is 0 Å². The van der Waals surface area contributed by atoms with Gasteiger partial charge in [-0.3, -0.25) is 0 Å². The van der Waals surface area contributed by atoms with Gasteiger partial charge in [-0.05, 0) is 32.0 Å². The molecule has 0 saturated carbocycles. The van der Waals surface area contributed by atoms with E-state index in [9.17, 15) is 0 Å². The van der Waals surface area contributed by atoms with Crippen molar-refractivity contribution in [3.05, 3.63) is 33.2 Å². The number of hydrogen-bond acceptors (Lipinski definition) is 3. The van der Waals surface area contributed by atoms with Crippen molar-refractivity contribution in [3.63, 3.8) is 0 Å². The lowest BCUT2D eigenvalue weighted by atomic mass is 10.0. The summed E-state index contributed by atoms with van der Waals surface area (Å²) >= 11 is 7.06. The standard InChI is InChI=1S/C12H17N3S2/c1-8(2)9-7-14-11(16)15(9)12(3,4)10-13-5-6-17-10/h5-8H,1-4H3,(H,14,16). The predicted octanol–water partition coefficient (Wildman–Crippen LogP) is 3.91. The molecular formula is C12H17N3S2. The predicted molar refractivity (Wildman–Crippen MR) is 74.2 cm³/mol. The largest absolute Gasteiger partial charge is 0.337 e. The van der Waals surface area contributed by atoms with Gasteiger partial charge >= 0.3 is 0 Å². The van der Waals surface area contributed by atoms with Crippen molar-refractivity contribution in [2.45, 2.75) is 39.2 Å². The van der Waals surface area contributed by atoms with Crippen molar-refractivity contribution in [1.82, 2.24) is 14.5 Å². The number of imidazole rings is 1. The van der Waals surface area contributed by atoms with E-state index in [-0.39, 0.29) is 5.54 Å². The van der Waals surface area contributed by atoms with Gasteiger partial charge in [0.15, 0.2) is 4.77 Å². The summed E-state index contributed by atoms with van der Waals surface area (Å²) in [7, 11) is 0. The summed E-state index contributed by atoms with van der Waals surface area (Å²) in [5.74, 6) is 0.433. The Morgan fingerprint density at radius 2 is 2.18 bits per heavy atom. The number of thiazole rings is 1. The molecule has 2 heterocycles. The van der Waals surface area contributed by atoms with Crippen LogP contribution in [0.25, 0.3) is 0 Å². The Hall–Kier alpha value is -0.940.